The van der Waals surface area contributed by atoms with Gasteiger partial charge in [-0.25, -0.2) is 14.6 Å². The van der Waals surface area contributed by atoms with Gasteiger partial charge >= 0.3 is 6.09 Å². The van der Waals surface area contributed by atoms with Crippen LogP contribution >= 0.6 is 23.4 Å². The van der Waals surface area contributed by atoms with E-state index in [1.54, 1.807) is 58.0 Å². The Balaban J connectivity index is 1.63. The van der Waals surface area contributed by atoms with Gasteiger partial charge in [0.15, 0.2) is 5.78 Å². The summed E-state index contributed by atoms with van der Waals surface area (Å²) in [5, 5.41) is 4.98. The van der Waals surface area contributed by atoms with Crippen LogP contribution in [0.3, 0.4) is 0 Å². The predicted octanol–water partition coefficient (Wildman–Crippen LogP) is 5.68. The number of rotatable bonds is 6. The second-order valence-electron chi connectivity index (χ2n) is 10.1. The van der Waals surface area contributed by atoms with Crippen LogP contribution < -0.4 is 10.7 Å². The zero-order valence-electron chi connectivity index (χ0n) is 21.5. The molecule has 10 heteroatoms. The number of amides is 2. The number of hydrogen-bond acceptors (Lipinski definition) is 6. The van der Waals surface area contributed by atoms with Crippen LogP contribution in [-0.2, 0) is 20.7 Å². The lowest BCUT2D eigenvalue weighted by Crippen LogP contribution is -2.45. The molecule has 200 valence electrons. The van der Waals surface area contributed by atoms with Gasteiger partial charge in [0.1, 0.15) is 17.1 Å². The van der Waals surface area contributed by atoms with Gasteiger partial charge < -0.3 is 10.1 Å². The van der Waals surface area contributed by atoms with Crippen LogP contribution in [0.2, 0.25) is 5.02 Å². The van der Waals surface area contributed by atoms with Crippen LogP contribution in [0.15, 0.2) is 70.8 Å². The number of halogens is 2. The molecule has 0 saturated heterocycles. The molecule has 0 bridgehead atoms. The van der Waals surface area contributed by atoms with Crippen molar-refractivity contribution in [3.8, 4) is 0 Å². The molecule has 2 aromatic rings. The minimum Gasteiger partial charge on any atom is -0.443 e. The lowest BCUT2D eigenvalue weighted by atomic mass is 9.86. The minimum absolute atomic E-state index is 0.209. The van der Waals surface area contributed by atoms with Crippen LogP contribution in [0.5, 0.6) is 0 Å². The van der Waals surface area contributed by atoms with Crippen molar-refractivity contribution >= 4 is 41.1 Å². The van der Waals surface area contributed by atoms with E-state index in [4.69, 9.17) is 16.3 Å². The molecule has 1 aliphatic carbocycles. The molecule has 0 aromatic heterocycles. The molecule has 0 spiro atoms. The third kappa shape index (κ3) is 6.57. The van der Waals surface area contributed by atoms with Gasteiger partial charge in [-0.2, -0.15) is 0 Å². The van der Waals surface area contributed by atoms with Crippen molar-refractivity contribution < 1.29 is 23.5 Å². The molecule has 0 saturated carbocycles. The lowest BCUT2D eigenvalue weighted by Gasteiger charge is -2.28. The van der Waals surface area contributed by atoms with Crippen LogP contribution in [0, 0.1) is 11.7 Å². The van der Waals surface area contributed by atoms with Crippen LogP contribution in [0.4, 0.5) is 9.18 Å². The minimum atomic E-state index is -0.719. The molecule has 1 unspecified atom stereocenters. The van der Waals surface area contributed by atoms with Crippen molar-refractivity contribution in [3.05, 3.63) is 92.7 Å². The topological polar surface area (TPSA) is 87.7 Å². The molecule has 0 radical (unpaired) electrons. The molecule has 0 fully saturated rings. The maximum absolute atomic E-state index is 13.7. The Morgan fingerprint density at radius 2 is 1.82 bits per heavy atom. The number of hydrazine groups is 1. The fourth-order valence-corrected chi connectivity index (χ4v) is 5.42. The van der Waals surface area contributed by atoms with Crippen molar-refractivity contribution in [1.82, 2.24) is 15.8 Å². The number of carbonyl (C=O) groups is 3. The van der Waals surface area contributed by atoms with Crippen LogP contribution in [0.1, 0.15) is 44.9 Å². The summed E-state index contributed by atoms with van der Waals surface area (Å²) in [5.41, 5.74) is 4.16. The summed E-state index contributed by atoms with van der Waals surface area (Å²) in [5.74, 6) is -1.34. The molecule has 2 amide bonds. The van der Waals surface area contributed by atoms with Crippen molar-refractivity contribution in [2.45, 2.75) is 45.8 Å². The van der Waals surface area contributed by atoms with E-state index in [2.05, 4.69) is 10.7 Å². The molecule has 1 heterocycles. The molecular weight excluding hydrogens is 529 g/mol. The molecule has 1 aliphatic heterocycles. The summed E-state index contributed by atoms with van der Waals surface area (Å²) in [6.45, 7) is 7.05. The Bertz CT molecular complexity index is 1300. The first-order chi connectivity index (χ1) is 17.9. The molecule has 2 atom stereocenters. The van der Waals surface area contributed by atoms with Gasteiger partial charge in [0.25, 0.3) is 5.91 Å². The summed E-state index contributed by atoms with van der Waals surface area (Å²) in [6.07, 6.45) is 1.34. The first-order valence-electron chi connectivity index (χ1n) is 12.1. The zero-order valence-corrected chi connectivity index (χ0v) is 23.1. The van der Waals surface area contributed by atoms with Gasteiger partial charge in [-0.3, -0.25) is 14.6 Å². The van der Waals surface area contributed by atoms with Gasteiger partial charge in [0, 0.05) is 10.9 Å². The second-order valence-corrected chi connectivity index (χ2v) is 11.5. The average molecular weight is 558 g/mol. The Morgan fingerprint density at radius 3 is 2.45 bits per heavy atom. The van der Waals surface area contributed by atoms with Gasteiger partial charge in [-0.1, -0.05) is 53.7 Å². The predicted molar refractivity (Wildman–Crippen MR) is 145 cm³/mol. The average Bonchev–Trinajstić information content (AvgIpc) is 3.25. The van der Waals surface area contributed by atoms with Gasteiger partial charge in [-0.15, -0.1) is 0 Å². The normalized spacial score (nSPS) is 18.1. The molecule has 38 heavy (non-hydrogen) atoms. The highest BCUT2D eigenvalue weighted by Gasteiger charge is 2.41. The maximum Gasteiger partial charge on any atom is 0.426 e. The number of carbonyl (C=O) groups excluding carboxylic acids is 3. The highest BCUT2D eigenvalue weighted by molar-refractivity contribution is 8.03. The summed E-state index contributed by atoms with van der Waals surface area (Å²) in [6, 6.07) is 12.7. The molecule has 2 aromatic carbocycles. The van der Waals surface area contributed by atoms with E-state index in [1.165, 1.54) is 28.9 Å². The van der Waals surface area contributed by atoms with Crippen LogP contribution in [-0.4, -0.2) is 34.3 Å². The molecule has 2 N–H and O–H groups in total. The third-order valence-electron chi connectivity index (χ3n) is 5.96. The molecule has 7 nitrogen and oxygen atoms in total. The van der Waals surface area contributed by atoms with E-state index >= 15 is 0 Å². The maximum atomic E-state index is 13.7. The number of thioether (sulfide) groups is 1. The largest absolute Gasteiger partial charge is 0.443 e. The third-order valence-corrected chi connectivity index (χ3v) is 7.30. The standard InChI is InChI=1S/C28H29ClFN3O4S/c1-16(18-7-11-21(30)12-8-18)31-26(35)22-14-19(13-17-5-9-20(29)10-6-17)24(34)23-25(22)38-15-33(23)32-27(36)37-28(2,3)4/h5-12,14,16,19H,13,15H2,1-4H3,(H,31,35)(H,32,36)/t16-,19?/m0/s1. The van der Waals surface area contributed by atoms with Gasteiger partial charge in [0.2, 0.25) is 0 Å². The van der Waals surface area contributed by atoms with E-state index in [0.29, 0.717) is 21.9 Å². The lowest BCUT2D eigenvalue weighted by molar-refractivity contribution is -0.119. The van der Waals surface area contributed by atoms with Crippen molar-refractivity contribution in [1.29, 1.82) is 0 Å². The number of allylic oxidation sites excluding steroid dienone is 2. The van der Waals surface area contributed by atoms with E-state index in [9.17, 15) is 18.8 Å². The number of nitrogens with zero attached hydrogens (tertiary/aromatic N) is 1. The van der Waals surface area contributed by atoms with E-state index in [0.717, 1.165) is 11.1 Å². The molecular formula is C28H29ClFN3O4S. The van der Waals surface area contributed by atoms with Crippen molar-refractivity contribution in [2.24, 2.45) is 5.92 Å². The number of benzene rings is 2. The van der Waals surface area contributed by atoms with E-state index in [-0.39, 0.29) is 29.1 Å². The van der Waals surface area contributed by atoms with Gasteiger partial charge in [0.05, 0.1) is 22.4 Å². The molecule has 2 aliphatic rings. The first kappa shape index (κ1) is 27.7. The summed E-state index contributed by atoms with van der Waals surface area (Å²) < 4.78 is 18.7. The number of ketones is 1. The number of ether oxygens (including phenoxy) is 1. The smallest absolute Gasteiger partial charge is 0.426 e. The Kier molecular flexibility index (Phi) is 8.18. The summed E-state index contributed by atoms with van der Waals surface area (Å²) >= 11 is 7.31. The van der Waals surface area contributed by atoms with E-state index in [1.807, 2.05) is 12.1 Å². The Labute approximate surface area is 230 Å². The second kappa shape index (κ2) is 11.2. The molecule has 4 rings (SSSR count). The van der Waals surface area contributed by atoms with Crippen LogP contribution in [0.25, 0.3) is 0 Å². The monoisotopic (exact) mass is 557 g/mol. The first-order valence-corrected chi connectivity index (χ1v) is 13.5. The summed E-state index contributed by atoms with van der Waals surface area (Å²) in [7, 11) is 0. The number of nitrogens with one attached hydrogen (secondary N) is 2. The Hall–Kier alpha value is -3.30. The number of Topliss-reactive ketones (excluding diaryl/α,β-unsaturated/α-hetero) is 1. The SMILES string of the molecule is C[C@H](NC(=O)C1=CC(Cc2ccc(Cl)cc2)C(=O)C2=C1SCN2NC(=O)OC(C)(C)C)c1ccc(F)cc1. The fraction of sp³-hybridized carbons (Fsp3) is 0.321. The number of hydrogen-bond donors (Lipinski definition) is 2. The summed E-state index contributed by atoms with van der Waals surface area (Å²) in [4.78, 5) is 40.1. The highest BCUT2D eigenvalue weighted by atomic mass is 35.5. The highest BCUT2D eigenvalue weighted by Crippen LogP contribution is 2.42. The zero-order chi connectivity index (χ0) is 27.6. The van der Waals surface area contributed by atoms with Crippen molar-refractivity contribution in [2.75, 3.05) is 5.88 Å². The fourth-order valence-electron chi connectivity index (χ4n) is 4.18. The Morgan fingerprint density at radius 1 is 1.16 bits per heavy atom. The van der Waals surface area contributed by atoms with Gasteiger partial charge in [-0.05, 0) is 69.5 Å². The quantitative estimate of drug-likeness (QED) is 0.475. The van der Waals surface area contributed by atoms with Crippen molar-refractivity contribution in [3.63, 3.8) is 0 Å². The van der Waals surface area contributed by atoms with E-state index < -0.39 is 23.7 Å².